The zero-order valence-corrected chi connectivity index (χ0v) is 14.5. The minimum Gasteiger partial charge on any atom is -0.472 e. The Morgan fingerprint density at radius 2 is 2.25 bits per heavy atom. The molecule has 1 aromatic rings. The SMILES string of the molecule is C[C@H]1CC[C@@]23COC(=O)C2=C[C@H](O)C[C@@H]3[C@@]1(C)CCc1ccoc1. The Bertz CT molecular complexity index is 661. The maximum absolute atomic E-state index is 12.2. The van der Waals surface area contributed by atoms with Gasteiger partial charge in [0.1, 0.15) is 6.61 Å². The Balaban J connectivity index is 1.69. The first-order valence-corrected chi connectivity index (χ1v) is 9.04. The molecule has 4 rings (SSSR count). The Kier molecular flexibility index (Phi) is 3.64. The normalized spacial score (nSPS) is 41.4. The number of carbonyl (C=O) groups excluding carboxylic acids is 1. The van der Waals surface area contributed by atoms with Crippen molar-refractivity contribution in [3.63, 3.8) is 0 Å². The van der Waals surface area contributed by atoms with Crippen LogP contribution in [0.3, 0.4) is 0 Å². The van der Waals surface area contributed by atoms with Crippen molar-refractivity contribution in [2.45, 2.75) is 52.1 Å². The van der Waals surface area contributed by atoms with Gasteiger partial charge in [-0.3, -0.25) is 0 Å². The van der Waals surface area contributed by atoms with Gasteiger partial charge < -0.3 is 14.3 Å². The lowest BCUT2D eigenvalue weighted by atomic mass is 9.46. The molecular formula is C20H26O4. The largest absolute Gasteiger partial charge is 0.472 e. The first-order valence-electron chi connectivity index (χ1n) is 9.04. The molecule has 1 saturated carbocycles. The third-order valence-electron chi connectivity index (χ3n) is 7.20. The highest BCUT2D eigenvalue weighted by Gasteiger charge is 2.61. The molecule has 2 heterocycles. The molecular weight excluding hydrogens is 304 g/mol. The average molecular weight is 330 g/mol. The number of aliphatic hydroxyl groups is 1. The maximum Gasteiger partial charge on any atom is 0.334 e. The van der Waals surface area contributed by atoms with Crippen LogP contribution in [0, 0.1) is 22.7 Å². The lowest BCUT2D eigenvalue weighted by Crippen LogP contribution is -2.53. The predicted octanol–water partition coefficient (Wildman–Crippen LogP) is 3.50. The van der Waals surface area contributed by atoms with Gasteiger partial charge in [-0.25, -0.2) is 4.79 Å². The van der Waals surface area contributed by atoms with E-state index >= 15 is 0 Å². The van der Waals surface area contributed by atoms with E-state index < -0.39 is 6.10 Å². The van der Waals surface area contributed by atoms with E-state index in [1.54, 1.807) is 12.3 Å². The van der Waals surface area contributed by atoms with E-state index in [1.807, 2.05) is 12.3 Å². The summed E-state index contributed by atoms with van der Waals surface area (Å²) >= 11 is 0. The summed E-state index contributed by atoms with van der Waals surface area (Å²) < 4.78 is 10.7. The summed E-state index contributed by atoms with van der Waals surface area (Å²) in [5.74, 6) is 0.620. The fourth-order valence-corrected chi connectivity index (χ4v) is 5.50. The quantitative estimate of drug-likeness (QED) is 0.862. The van der Waals surface area contributed by atoms with Crippen LogP contribution in [0.15, 0.2) is 34.7 Å². The molecule has 0 amide bonds. The van der Waals surface area contributed by atoms with E-state index in [4.69, 9.17) is 9.15 Å². The molecule has 5 atom stereocenters. The van der Waals surface area contributed by atoms with Gasteiger partial charge in [-0.2, -0.15) is 0 Å². The molecule has 130 valence electrons. The number of aryl methyl sites for hydroxylation is 1. The average Bonchev–Trinajstić information content (AvgIpc) is 3.18. The fourth-order valence-electron chi connectivity index (χ4n) is 5.50. The van der Waals surface area contributed by atoms with Crippen molar-refractivity contribution < 1.29 is 19.1 Å². The summed E-state index contributed by atoms with van der Waals surface area (Å²) in [6.45, 7) is 5.16. The number of carbonyl (C=O) groups is 1. The van der Waals surface area contributed by atoms with Crippen molar-refractivity contribution in [1.82, 2.24) is 0 Å². The molecule has 4 heteroatoms. The molecule has 4 nitrogen and oxygen atoms in total. The minimum absolute atomic E-state index is 0.0734. The summed E-state index contributed by atoms with van der Waals surface area (Å²) in [4.78, 5) is 12.2. The first kappa shape index (κ1) is 15.9. The highest BCUT2D eigenvalue weighted by molar-refractivity contribution is 5.92. The Hall–Kier alpha value is -1.55. The molecule has 0 aromatic carbocycles. The van der Waals surface area contributed by atoms with Crippen LogP contribution in [0.5, 0.6) is 0 Å². The third kappa shape index (κ3) is 2.19. The minimum atomic E-state index is -0.540. The fraction of sp³-hybridized carbons (Fsp3) is 0.650. The van der Waals surface area contributed by atoms with Crippen LogP contribution >= 0.6 is 0 Å². The van der Waals surface area contributed by atoms with Crippen LogP contribution in [-0.2, 0) is 16.0 Å². The molecule has 1 aliphatic heterocycles. The molecule has 2 aliphatic carbocycles. The predicted molar refractivity (Wildman–Crippen MR) is 89.1 cm³/mol. The van der Waals surface area contributed by atoms with Gasteiger partial charge in [-0.1, -0.05) is 13.8 Å². The number of ether oxygens (including phenoxy) is 1. The molecule has 1 spiro atoms. The van der Waals surface area contributed by atoms with E-state index in [0.29, 0.717) is 12.5 Å². The van der Waals surface area contributed by atoms with Gasteiger partial charge in [0, 0.05) is 11.0 Å². The molecule has 0 bridgehead atoms. The van der Waals surface area contributed by atoms with Gasteiger partial charge in [0.2, 0.25) is 0 Å². The number of aliphatic hydroxyl groups excluding tert-OH is 1. The molecule has 2 fully saturated rings. The Morgan fingerprint density at radius 1 is 1.42 bits per heavy atom. The van der Waals surface area contributed by atoms with Gasteiger partial charge in [-0.05, 0) is 67.1 Å². The first-order chi connectivity index (χ1) is 11.5. The molecule has 0 radical (unpaired) electrons. The van der Waals surface area contributed by atoms with Crippen molar-refractivity contribution in [2.24, 2.45) is 22.7 Å². The van der Waals surface area contributed by atoms with Crippen molar-refractivity contribution in [2.75, 3.05) is 6.61 Å². The molecule has 3 aliphatic rings. The van der Waals surface area contributed by atoms with Gasteiger partial charge >= 0.3 is 5.97 Å². The second-order valence-corrected chi connectivity index (χ2v) is 8.25. The lowest BCUT2D eigenvalue weighted by Gasteiger charge is -2.57. The van der Waals surface area contributed by atoms with Crippen molar-refractivity contribution in [3.8, 4) is 0 Å². The standard InChI is InChI=1S/C20H26O4/c1-13-3-7-20-12-24-18(22)16(20)9-15(21)10-17(20)19(13,2)6-4-14-5-8-23-11-14/h5,8-9,11,13,15,17,21H,3-4,6-7,10,12H2,1-2H3/t13-,15-,17+,19-,20+/m0/s1. The van der Waals surface area contributed by atoms with E-state index in [2.05, 4.69) is 13.8 Å². The third-order valence-corrected chi connectivity index (χ3v) is 7.20. The number of furan rings is 1. The Morgan fingerprint density at radius 3 is 3.00 bits per heavy atom. The number of esters is 1. The van der Waals surface area contributed by atoms with Crippen molar-refractivity contribution >= 4 is 5.97 Å². The van der Waals surface area contributed by atoms with Gasteiger partial charge in [-0.15, -0.1) is 0 Å². The molecule has 0 unspecified atom stereocenters. The van der Waals surface area contributed by atoms with Crippen molar-refractivity contribution in [3.05, 3.63) is 35.8 Å². The summed E-state index contributed by atoms with van der Waals surface area (Å²) in [7, 11) is 0. The van der Waals surface area contributed by atoms with Crippen LogP contribution in [0.25, 0.3) is 0 Å². The molecule has 1 saturated heterocycles. The smallest absolute Gasteiger partial charge is 0.334 e. The van der Waals surface area contributed by atoms with Gasteiger partial charge in [0.05, 0.1) is 18.6 Å². The number of hydrogen-bond acceptors (Lipinski definition) is 4. The summed E-state index contributed by atoms with van der Waals surface area (Å²) in [5, 5.41) is 10.4. The number of rotatable bonds is 3. The summed E-state index contributed by atoms with van der Waals surface area (Å²) in [6.07, 6.45) is 9.58. The second-order valence-electron chi connectivity index (χ2n) is 8.25. The van der Waals surface area contributed by atoms with Crippen LogP contribution in [-0.4, -0.2) is 23.8 Å². The second kappa shape index (κ2) is 5.48. The lowest BCUT2D eigenvalue weighted by molar-refractivity contribution is -0.135. The van der Waals surface area contributed by atoms with E-state index in [-0.39, 0.29) is 22.7 Å². The Labute approximate surface area is 142 Å². The van der Waals surface area contributed by atoms with Crippen LogP contribution in [0.1, 0.15) is 45.1 Å². The summed E-state index contributed by atoms with van der Waals surface area (Å²) in [5.41, 5.74) is 1.85. The highest BCUT2D eigenvalue weighted by Crippen LogP contribution is 2.63. The number of hydrogen-bond donors (Lipinski definition) is 1. The van der Waals surface area contributed by atoms with Crippen LogP contribution in [0.2, 0.25) is 0 Å². The van der Waals surface area contributed by atoms with Gasteiger partial charge in [0.15, 0.2) is 0 Å². The molecule has 24 heavy (non-hydrogen) atoms. The van der Waals surface area contributed by atoms with Gasteiger partial charge in [0.25, 0.3) is 0 Å². The zero-order chi connectivity index (χ0) is 16.9. The van der Waals surface area contributed by atoms with Crippen LogP contribution < -0.4 is 0 Å². The monoisotopic (exact) mass is 330 g/mol. The molecule has 1 aromatic heterocycles. The zero-order valence-electron chi connectivity index (χ0n) is 14.5. The van der Waals surface area contributed by atoms with E-state index in [0.717, 1.165) is 37.7 Å². The number of cyclic esters (lactones) is 1. The van der Waals surface area contributed by atoms with Crippen molar-refractivity contribution in [1.29, 1.82) is 0 Å². The van der Waals surface area contributed by atoms with E-state index in [9.17, 15) is 9.90 Å². The maximum atomic E-state index is 12.2. The van der Waals surface area contributed by atoms with E-state index in [1.165, 1.54) is 5.56 Å². The summed E-state index contributed by atoms with van der Waals surface area (Å²) in [6, 6.07) is 2.02. The highest BCUT2D eigenvalue weighted by atomic mass is 16.5. The topological polar surface area (TPSA) is 59.7 Å². The molecule has 1 N–H and O–H groups in total. The van der Waals surface area contributed by atoms with Crippen LogP contribution in [0.4, 0.5) is 0 Å².